The summed E-state index contributed by atoms with van der Waals surface area (Å²) in [4.78, 5) is 15.1. The predicted octanol–water partition coefficient (Wildman–Crippen LogP) is 2.43. The van der Waals surface area contributed by atoms with E-state index >= 15 is 0 Å². The number of benzene rings is 1. The van der Waals surface area contributed by atoms with Gasteiger partial charge in [-0.1, -0.05) is 15.9 Å². The number of rotatable bonds is 6. The van der Waals surface area contributed by atoms with Gasteiger partial charge in [-0.25, -0.2) is 0 Å². The number of nitrogens with zero attached hydrogens (tertiary/aromatic N) is 1. The number of hydrogen-bond acceptors (Lipinski definition) is 4. The summed E-state index contributed by atoms with van der Waals surface area (Å²) in [6, 6.07) is 9.30. The maximum atomic E-state index is 11.2. The quantitative estimate of drug-likeness (QED) is 0.795. The Labute approximate surface area is 125 Å². The first kappa shape index (κ1) is 14.3. The highest BCUT2D eigenvalue weighted by Gasteiger charge is 2.06. The Morgan fingerprint density at radius 3 is 2.75 bits per heavy atom. The average molecular weight is 336 g/mol. The van der Waals surface area contributed by atoms with E-state index in [0.29, 0.717) is 24.4 Å². The van der Waals surface area contributed by atoms with Crippen LogP contribution in [0.5, 0.6) is 5.75 Å². The second-order valence-corrected chi connectivity index (χ2v) is 4.93. The lowest BCUT2D eigenvalue weighted by Gasteiger charge is -2.10. The molecule has 0 aliphatic rings. The first-order valence-corrected chi connectivity index (χ1v) is 6.82. The Balaban J connectivity index is 1.84. The summed E-state index contributed by atoms with van der Waals surface area (Å²) in [5.41, 5.74) is 6.30. The van der Waals surface area contributed by atoms with E-state index in [1.165, 1.54) is 6.20 Å². The van der Waals surface area contributed by atoms with Gasteiger partial charge in [0.25, 0.3) is 5.91 Å². The van der Waals surface area contributed by atoms with Crippen LogP contribution in [0.3, 0.4) is 0 Å². The number of amides is 1. The maximum Gasteiger partial charge on any atom is 0.252 e. The van der Waals surface area contributed by atoms with E-state index in [4.69, 9.17) is 10.5 Å². The lowest BCUT2D eigenvalue weighted by Crippen LogP contribution is -2.17. The highest BCUT2D eigenvalue weighted by Crippen LogP contribution is 2.16. The normalized spacial score (nSPS) is 10.1. The molecule has 3 N–H and O–H groups in total. The van der Waals surface area contributed by atoms with Crippen LogP contribution in [0.1, 0.15) is 10.4 Å². The van der Waals surface area contributed by atoms with Crippen LogP contribution in [0.4, 0.5) is 5.69 Å². The van der Waals surface area contributed by atoms with Gasteiger partial charge in [-0.05, 0) is 30.3 Å². The fourth-order valence-corrected chi connectivity index (χ4v) is 1.89. The Morgan fingerprint density at radius 2 is 2.05 bits per heavy atom. The minimum Gasteiger partial charge on any atom is -0.492 e. The minimum absolute atomic E-state index is 0.371. The molecule has 0 aliphatic carbocycles. The molecule has 1 aromatic carbocycles. The Morgan fingerprint density at radius 1 is 1.30 bits per heavy atom. The number of pyridine rings is 1. The number of aromatic nitrogens is 1. The first-order valence-electron chi connectivity index (χ1n) is 6.03. The van der Waals surface area contributed by atoms with Crippen LogP contribution < -0.4 is 15.8 Å². The van der Waals surface area contributed by atoms with E-state index < -0.39 is 5.91 Å². The highest BCUT2D eigenvalue weighted by atomic mass is 79.9. The van der Waals surface area contributed by atoms with Crippen LogP contribution in [-0.4, -0.2) is 24.0 Å². The molecule has 0 aliphatic heterocycles. The fourth-order valence-electron chi connectivity index (χ4n) is 1.63. The molecule has 0 atom stereocenters. The zero-order valence-electron chi connectivity index (χ0n) is 10.7. The van der Waals surface area contributed by atoms with Crippen molar-refractivity contribution < 1.29 is 9.53 Å². The van der Waals surface area contributed by atoms with Gasteiger partial charge >= 0.3 is 0 Å². The van der Waals surface area contributed by atoms with Crippen LogP contribution in [0.25, 0.3) is 0 Å². The number of nitrogens with one attached hydrogen (secondary N) is 1. The lowest BCUT2D eigenvalue weighted by atomic mass is 10.2. The van der Waals surface area contributed by atoms with Gasteiger partial charge in [0.2, 0.25) is 0 Å². The molecule has 2 aromatic rings. The third-order valence-corrected chi connectivity index (χ3v) is 3.12. The van der Waals surface area contributed by atoms with E-state index in [2.05, 4.69) is 26.2 Å². The summed E-state index contributed by atoms with van der Waals surface area (Å²) in [7, 11) is 0. The molecule has 1 heterocycles. The number of primary amides is 1. The summed E-state index contributed by atoms with van der Waals surface area (Å²) in [6.07, 6.45) is 3.05. The van der Waals surface area contributed by atoms with Gasteiger partial charge in [-0.15, -0.1) is 0 Å². The van der Waals surface area contributed by atoms with Gasteiger partial charge in [0.05, 0.1) is 11.3 Å². The highest BCUT2D eigenvalue weighted by molar-refractivity contribution is 9.10. The molecule has 1 aromatic heterocycles. The number of ether oxygens (including phenoxy) is 1. The van der Waals surface area contributed by atoms with Gasteiger partial charge in [-0.3, -0.25) is 9.78 Å². The molecule has 2 rings (SSSR count). The minimum atomic E-state index is -0.505. The molecule has 5 nitrogen and oxygen atoms in total. The lowest BCUT2D eigenvalue weighted by molar-refractivity contribution is 0.100. The van der Waals surface area contributed by atoms with Crippen molar-refractivity contribution in [1.29, 1.82) is 0 Å². The van der Waals surface area contributed by atoms with Crippen molar-refractivity contribution in [3.8, 4) is 5.75 Å². The summed E-state index contributed by atoms with van der Waals surface area (Å²) in [5.74, 6) is 0.286. The smallest absolute Gasteiger partial charge is 0.252 e. The molecular formula is C14H14BrN3O2. The standard InChI is InChI=1S/C14H14BrN3O2/c15-10-1-3-11(4-2-10)20-8-7-18-13-5-6-17-9-12(13)14(16)19/h1-6,9H,7-8H2,(H2,16,19)(H,17,18). The second-order valence-electron chi connectivity index (χ2n) is 4.01. The predicted molar refractivity (Wildman–Crippen MR) is 80.9 cm³/mol. The number of carbonyl (C=O) groups is 1. The molecule has 104 valence electrons. The van der Waals surface area contributed by atoms with E-state index in [1.807, 2.05) is 24.3 Å². The molecule has 0 radical (unpaired) electrons. The molecule has 1 amide bonds. The maximum absolute atomic E-state index is 11.2. The fraction of sp³-hybridized carbons (Fsp3) is 0.143. The van der Waals surface area contributed by atoms with E-state index in [0.717, 1.165) is 10.2 Å². The summed E-state index contributed by atoms with van der Waals surface area (Å²) in [6.45, 7) is 1.03. The van der Waals surface area contributed by atoms with Crippen LogP contribution in [0, 0.1) is 0 Å². The van der Waals surface area contributed by atoms with Gasteiger partial charge in [0, 0.05) is 23.4 Å². The number of hydrogen-bond donors (Lipinski definition) is 2. The first-order chi connectivity index (χ1) is 9.66. The van der Waals surface area contributed by atoms with Crippen molar-refractivity contribution in [3.05, 3.63) is 52.8 Å². The molecule has 0 saturated heterocycles. The monoisotopic (exact) mass is 335 g/mol. The SMILES string of the molecule is NC(=O)c1cnccc1NCCOc1ccc(Br)cc1. The summed E-state index contributed by atoms with van der Waals surface area (Å²) in [5, 5.41) is 3.10. The van der Waals surface area contributed by atoms with Crippen molar-refractivity contribution in [2.24, 2.45) is 5.73 Å². The molecule has 0 fully saturated rings. The van der Waals surface area contributed by atoms with Crippen molar-refractivity contribution in [2.75, 3.05) is 18.5 Å². The Kier molecular flexibility index (Phi) is 4.95. The molecular weight excluding hydrogens is 322 g/mol. The van der Waals surface area contributed by atoms with Crippen molar-refractivity contribution >= 4 is 27.5 Å². The van der Waals surface area contributed by atoms with Gasteiger partial charge in [0.15, 0.2) is 0 Å². The van der Waals surface area contributed by atoms with Gasteiger partial charge in [0.1, 0.15) is 12.4 Å². The van der Waals surface area contributed by atoms with Crippen molar-refractivity contribution in [1.82, 2.24) is 4.98 Å². The average Bonchev–Trinajstić information content (AvgIpc) is 2.46. The number of nitrogens with two attached hydrogens (primary N) is 1. The molecule has 0 unspecified atom stereocenters. The van der Waals surface area contributed by atoms with Crippen LogP contribution >= 0.6 is 15.9 Å². The number of carbonyl (C=O) groups excluding carboxylic acids is 1. The zero-order chi connectivity index (χ0) is 14.4. The molecule has 0 saturated carbocycles. The zero-order valence-corrected chi connectivity index (χ0v) is 12.3. The molecule has 0 spiro atoms. The largest absolute Gasteiger partial charge is 0.492 e. The third-order valence-electron chi connectivity index (χ3n) is 2.59. The van der Waals surface area contributed by atoms with E-state index in [9.17, 15) is 4.79 Å². The van der Waals surface area contributed by atoms with Crippen LogP contribution in [0.2, 0.25) is 0 Å². The molecule has 6 heteroatoms. The Hall–Kier alpha value is -2.08. The summed E-state index contributed by atoms with van der Waals surface area (Å²) < 4.78 is 6.57. The van der Waals surface area contributed by atoms with E-state index in [-0.39, 0.29) is 0 Å². The number of halogens is 1. The second kappa shape index (κ2) is 6.91. The topological polar surface area (TPSA) is 77.2 Å². The Bertz CT molecular complexity index is 587. The van der Waals surface area contributed by atoms with Crippen LogP contribution in [0.15, 0.2) is 47.2 Å². The number of anilines is 1. The van der Waals surface area contributed by atoms with Crippen molar-refractivity contribution in [3.63, 3.8) is 0 Å². The van der Waals surface area contributed by atoms with Crippen molar-refractivity contribution in [2.45, 2.75) is 0 Å². The van der Waals surface area contributed by atoms with Gasteiger partial charge < -0.3 is 15.8 Å². The van der Waals surface area contributed by atoms with Gasteiger partial charge in [-0.2, -0.15) is 0 Å². The molecule has 20 heavy (non-hydrogen) atoms. The van der Waals surface area contributed by atoms with Crippen LogP contribution in [-0.2, 0) is 0 Å². The molecule has 0 bridgehead atoms. The summed E-state index contributed by atoms with van der Waals surface area (Å²) >= 11 is 3.36. The van der Waals surface area contributed by atoms with E-state index in [1.54, 1.807) is 12.3 Å². The third kappa shape index (κ3) is 3.96.